The van der Waals surface area contributed by atoms with Crippen LogP contribution in [0.15, 0.2) is 35.6 Å². The van der Waals surface area contributed by atoms with Crippen LogP contribution in [-0.4, -0.2) is 20.6 Å². The predicted octanol–water partition coefficient (Wildman–Crippen LogP) is 1.58. The van der Waals surface area contributed by atoms with E-state index in [1.54, 1.807) is 4.68 Å². The lowest BCUT2D eigenvalue weighted by Gasteiger charge is -2.18. The minimum absolute atomic E-state index is 0.706. The number of hydrogen-bond donors (Lipinski definition) is 3. The Balaban J connectivity index is 1.86. The van der Waals surface area contributed by atoms with Crippen molar-refractivity contribution in [3.8, 4) is 0 Å². The van der Waals surface area contributed by atoms with Crippen LogP contribution in [0.1, 0.15) is 16.7 Å². The van der Waals surface area contributed by atoms with E-state index in [4.69, 9.17) is 12.2 Å². The molecule has 7 heteroatoms. The summed E-state index contributed by atoms with van der Waals surface area (Å²) in [4.78, 5) is 0. The Hall–Kier alpha value is -2.12. The standard InChI is InChI=1S/C13H16N6S/c1-9-4-3-5-10(6-9)8-19-12(15-16-17-19)11-7-14-18(2)13(11)20/h3-7,14,16-17H,8H2,1-2H3. The zero-order chi connectivity index (χ0) is 14.1. The zero-order valence-corrected chi connectivity index (χ0v) is 12.2. The molecule has 1 aliphatic heterocycles. The Morgan fingerprint density at radius 1 is 1.35 bits per heavy atom. The van der Waals surface area contributed by atoms with Crippen LogP contribution in [0.25, 0.3) is 0 Å². The van der Waals surface area contributed by atoms with Crippen molar-refractivity contribution in [2.24, 2.45) is 12.1 Å². The lowest BCUT2D eigenvalue weighted by atomic mass is 10.1. The predicted molar refractivity (Wildman–Crippen MR) is 80.1 cm³/mol. The summed E-state index contributed by atoms with van der Waals surface area (Å²) in [7, 11) is 1.88. The van der Waals surface area contributed by atoms with Crippen LogP contribution in [-0.2, 0) is 13.6 Å². The van der Waals surface area contributed by atoms with Gasteiger partial charge in [0.25, 0.3) is 0 Å². The van der Waals surface area contributed by atoms with Crippen LogP contribution in [0.2, 0.25) is 0 Å². The third kappa shape index (κ3) is 2.33. The number of benzene rings is 1. The molecule has 1 aromatic heterocycles. The third-order valence-electron chi connectivity index (χ3n) is 3.20. The van der Waals surface area contributed by atoms with Gasteiger partial charge < -0.3 is 5.10 Å². The second-order valence-electron chi connectivity index (χ2n) is 4.79. The monoisotopic (exact) mass is 288 g/mol. The smallest absolute Gasteiger partial charge is 0.177 e. The molecule has 0 saturated heterocycles. The molecule has 104 valence electrons. The van der Waals surface area contributed by atoms with Gasteiger partial charge in [-0.15, -0.1) is 10.6 Å². The number of hydrazone groups is 1. The highest BCUT2D eigenvalue weighted by Gasteiger charge is 2.21. The Morgan fingerprint density at radius 3 is 2.90 bits per heavy atom. The van der Waals surface area contributed by atoms with E-state index in [9.17, 15) is 0 Å². The van der Waals surface area contributed by atoms with E-state index < -0.39 is 0 Å². The number of aromatic amines is 1. The lowest BCUT2D eigenvalue weighted by Crippen LogP contribution is -2.40. The van der Waals surface area contributed by atoms with Gasteiger partial charge >= 0.3 is 0 Å². The first kappa shape index (κ1) is 12.9. The molecule has 0 saturated carbocycles. The molecule has 1 aliphatic rings. The molecule has 3 N–H and O–H groups in total. The first-order valence-electron chi connectivity index (χ1n) is 6.31. The first-order valence-corrected chi connectivity index (χ1v) is 6.72. The molecule has 3 rings (SSSR count). The van der Waals surface area contributed by atoms with Gasteiger partial charge in [-0.2, -0.15) is 0 Å². The van der Waals surface area contributed by atoms with Crippen molar-refractivity contribution < 1.29 is 0 Å². The SMILES string of the molecule is Cc1cccc(CN2NNN=C2c2c[nH]n(C)c2=S)c1. The van der Waals surface area contributed by atoms with Crippen molar-refractivity contribution in [2.45, 2.75) is 13.5 Å². The van der Waals surface area contributed by atoms with Crippen LogP contribution in [0.4, 0.5) is 0 Å². The summed E-state index contributed by atoms with van der Waals surface area (Å²) in [6.45, 7) is 2.79. The summed E-state index contributed by atoms with van der Waals surface area (Å²) >= 11 is 5.37. The molecule has 0 radical (unpaired) electrons. The topological polar surface area (TPSA) is 60.4 Å². The van der Waals surface area contributed by atoms with Gasteiger partial charge in [-0.05, 0) is 12.5 Å². The normalized spacial score (nSPS) is 14.3. The Bertz CT molecular complexity index is 714. The molecular formula is C13H16N6S. The van der Waals surface area contributed by atoms with E-state index in [-0.39, 0.29) is 0 Å². The molecule has 0 amide bonds. The quantitative estimate of drug-likeness (QED) is 0.751. The number of nitrogens with one attached hydrogen (secondary N) is 3. The molecule has 0 atom stereocenters. The molecular weight excluding hydrogens is 272 g/mol. The van der Waals surface area contributed by atoms with E-state index in [1.807, 2.05) is 18.3 Å². The van der Waals surface area contributed by atoms with Crippen LogP contribution < -0.4 is 11.1 Å². The Labute approximate surface area is 122 Å². The second-order valence-corrected chi connectivity index (χ2v) is 5.17. The van der Waals surface area contributed by atoms with Gasteiger partial charge in [-0.1, -0.05) is 42.0 Å². The maximum absolute atomic E-state index is 5.37. The maximum Gasteiger partial charge on any atom is 0.177 e. The number of hydrazine groups is 2. The first-order chi connectivity index (χ1) is 9.65. The van der Waals surface area contributed by atoms with Crippen LogP contribution in [0.3, 0.4) is 0 Å². The third-order valence-corrected chi connectivity index (χ3v) is 3.70. The molecule has 0 fully saturated rings. The summed E-state index contributed by atoms with van der Waals surface area (Å²) in [5.74, 6) is 0.786. The van der Waals surface area contributed by atoms with Crippen molar-refractivity contribution in [1.29, 1.82) is 0 Å². The number of nitrogens with zero attached hydrogens (tertiary/aromatic N) is 3. The Kier molecular flexibility index (Phi) is 3.29. The molecule has 0 aliphatic carbocycles. The van der Waals surface area contributed by atoms with Gasteiger partial charge in [0, 0.05) is 13.2 Å². The number of H-pyrrole nitrogens is 1. The van der Waals surface area contributed by atoms with Gasteiger partial charge in [0.2, 0.25) is 0 Å². The fraction of sp³-hybridized carbons (Fsp3) is 0.231. The van der Waals surface area contributed by atoms with Gasteiger partial charge in [0.1, 0.15) is 4.64 Å². The molecule has 0 unspecified atom stereocenters. The summed E-state index contributed by atoms with van der Waals surface area (Å²) in [5.41, 5.74) is 9.15. The summed E-state index contributed by atoms with van der Waals surface area (Å²) in [6.07, 6.45) is 1.86. The van der Waals surface area contributed by atoms with Crippen molar-refractivity contribution >= 4 is 18.1 Å². The van der Waals surface area contributed by atoms with E-state index in [1.165, 1.54) is 11.1 Å². The lowest BCUT2D eigenvalue weighted by molar-refractivity contribution is 0.288. The number of hydrogen-bond acceptors (Lipinski definition) is 5. The van der Waals surface area contributed by atoms with Gasteiger partial charge in [0.15, 0.2) is 5.84 Å². The van der Waals surface area contributed by atoms with Crippen molar-refractivity contribution in [2.75, 3.05) is 0 Å². The highest BCUT2D eigenvalue weighted by molar-refractivity contribution is 7.71. The van der Waals surface area contributed by atoms with Crippen LogP contribution in [0.5, 0.6) is 0 Å². The van der Waals surface area contributed by atoms with E-state index in [2.05, 4.69) is 52.5 Å². The molecule has 6 nitrogen and oxygen atoms in total. The van der Waals surface area contributed by atoms with Crippen molar-refractivity contribution in [3.63, 3.8) is 0 Å². The van der Waals surface area contributed by atoms with Gasteiger partial charge in [0.05, 0.1) is 12.1 Å². The highest BCUT2D eigenvalue weighted by atomic mass is 32.1. The minimum atomic E-state index is 0.706. The van der Waals surface area contributed by atoms with E-state index in [0.29, 0.717) is 6.54 Å². The van der Waals surface area contributed by atoms with Crippen molar-refractivity contribution in [3.05, 3.63) is 51.8 Å². The number of aryl methyl sites for hydroxylation is 2. The highest BCUT2D eigenvalue weighted by Crippen LogP contribution is 2.13. The summed E-state index contributed by atoms with van der Waals surface area (Å²) < 4.78 is 2.51. The van der Waals surface area contributed by atoms with Gasteiger partial charge in [-0.3, -0.25) is 9.69 Å². The summed E-state index contributed by atoms with van der Waals surface area (Å²) in [5, 5.41) is 9.26. The largest absolute Gasteiger partial charge is 0.304 e. The molecule has 2 heterocycles. The Morgan fingerprint density at radius 2 is 2.20 bits per heavy atom. The van der Waals surface area contributed by atoms with Crippen molar-refractivity contribution in [1.82, 2.24) is 25.9 Å². The summed E-state index contributed by atoms with van der Waals surface area (Å²) in [6, 6.07) is 8.39. The number of aromatic nitrogens is 2. The number of amidine groups is 1. The fourth-order valence-electron chi connectivity index (χ4n) is 2.19. The number of rotatable bonds is 3. The molecule has 0 spiro atoms. The van der Waals surface area contributed by atoms with E-state index >= 15 is 0 Å². The van der Waals surface area contributed by atoms with Crippen LogP contribution in [0, 0.1) is 11.6 Å². The molecule has 2 aromatic rings. The molecule has 20 heavy (non-hydrogen) atoms. The zero-order valence-electron chi connectivity index (χ0n) is 11.3. The average molecular weight is 288 g/mol. The minimum Gasteiger partial charge on any atom is -0.304 e. The second kappa shape index (κ2) is 5.10. The van der Waals surface area contributed by atoms with Gasteiger partial charge in [-0.25, -0.2) is 5.53 Å². The fourth-order valence-corrected chi connectivity index (χ4v) is 2.39. The van der Waals surface area contributed by atoms with Crippen LogP contribution >= 0.6 is 12.2 Å². The van der Waals surface area contributed by atoms with E-state index in [0.717, 1.165) is 16.0 Å². The molecule has 0 bridgehead atoms. The molecule has 1 aromatic carbocycles. The average Bonchev–Trinajstić information content (AvgIpc) is 2.98. The maximum atomic E-state index is 5.37.